The van der Waals surface area contributed by atoms with Gasteiger partial charge in [-0.05, 0) is 29.8 Å². The van der Waals surface area contributed by atoms with E-state index in [4.69, 9.17) is 11.6 Å². The Morgan fingerprint density at radius 3 is 2.31 bits per heavy atom. The van der Waals surface area contributed by atoms with Gasteiger partial charge in [-0.15, -0.1) is 0 Å². The van der Waals surface area contributed by atoms with E-state index in [1.54, 1.807) is 18.2 Å². The molecule has 4 heteroatoms. The molecule has 0 aliphatic heterocycles. The second kappa shape index (κ2) is 4.52. The van der Waals surface area contributed by atoms with Crippen LogP contribution in [0.15, 0.2) is 40.9 Å². The van der Waals surface area contributed by atoms with E-state index in [0.717, 1.165) is 0 Å². The summed E-state index contributed by atoms with van der Waals surface area (Å²) in [6, 6.07) is 8.83. The lowest BCUT2D eigenvalue weighted by atomic mass is 10.1. The fraction of sp³-hybridized carbons (Fsp3) is 0. The van der Waals surface area contributed by atoms with Crippen LogP contribution >= 0.6 is 27.5 Å². The Bertz CT molecular complexity index is 541. The summed E-state index contributed by atoms with van der Waals surface area (Å²) in [6.45, 7) is 0. The number of benzene rings is 2. The highest BCUT2D eigenvalue weighted by molar-refractivity contribution is 9.10. The number of halogens is 4. The molecular formula is C12H6BrClF2. The minimum absolute atomic E-state index is 0.0290. The molecular weight excluding hydrogens is 297 g/mol. The Kier molecular flexibility index (Phi) is 3.26. The summed E-state index contributed by atoms with van der Waals surface area (Å²) in [5.41, 5.74) is 0.811. The van der Waals surface area contributed by atoms with E-state index < -0.39 is 11.6 Å². The maximum absolute atomic E-state index is 13.6. The maximum atomic E-state index is 13.6. The van der Waals surface area contributed by atoms with Crippen molar-refractivity contribution in [3.63, 3.8) is 0 Å². The van der Waals surface area contributed by atoms with Gasteiger partial charge in [-0.2, -0.15) is 0 Å². The van der Waals surface area contributed by atoms with Gasteiger partial charge in [0.1, 0.15) is 11.6 Å². The predicted molar refractivity (Wildman–Crippen MR) is 64.5 cm³/mol. The van der Waals surface area contributed by atoms with Gasteiger partial charge in [0.25, 0.3) is 0 Å². The van der Waals surface area contributed by atoms with Gasteiger partial charge in [0.2, 0.25) is 0 Å². The molecule has 0 atom stereocenters. The van der Waals surface area contributed by atoms with Crippen molar-refractivity contribution < 1.29 is 8.78 Å². The zero-order chi connectivity index (χ0) is 11.7. The molecule has 0 radical (unpaired) electrons. The fourth-order valence-corrected chi connectivity index (χ4v) is 1.84. The average Bonchev–Trinajstić information content (AvgIpc) is 2.22. The van der Waals surface area contributed by atoms with Crippen LogP contribution in [0.1, 0.15) is 0 Å². The molecule has 0 heterocycles. The largest absolute Gasteiger partial charge is 0.206 e. The fourth-order valence-electron chi connectivity index (χ4n) is 1.39. The third kappa shape index (κ3) is 2.25. The lowest BCUT2D eigenvalue weighted by Gasteiger charge is -2.04. The van der Waals surface area contributed by atoms with Crippen LogP contribution in [0.3, 0.4) is 0 Å². The first kappa shape index (κ1) is 11.6. The van der Waals surface area contributed by atoms with E-state index in [-0.39, 0.29) is 5.02 Å². The first-order valence-corrected chi connectivity index (χ1v) is 5.65. The van der Waals surface area contributed by atoms with Crippen LogP contribution in [-0.2, 0) is 0 Å². The Balaban J connectivity index is 2.54. The van der Waals surface area contributed by atoms with Crippen molar-refractivity contribution in [2.24, 2.45) is 0 Å². The molecule has 2 aromatic carbocycles. The Morgan fingerprint density at radius 1 is 0.938 bits per heavy atom. The molecule has 0 aliphatic carbocycles. The molecule has 2 rings (SSSR count). The summed E-state index contributed by atoms with van der Waals surface area (Å²) in [5, 5.41) is 0.0290. The molecule has 2 aromatic rings. The molecule has 0 amide bonds. The van der Waals surface area contributed by atoms with E-state index in [1.807, 2.05) is 0 Å². The summed E-state index contributed by atoms with van der Waals surface area (Å²) >= 11 is 8.72. The van der Waals surface area contributed by atoms with Gasteiger partial charge in [0.15, 0.2) is 0 Å². The van der Waals surface area contributed by atoms with Crippen LogP contribution in [-0.4, -0.2) is 0 Å². The van der Waals surface area contributed by atoms with E-state index in [0.29, 0.717) is 15.6 Å². The predicted octanol–water partition coefficient (Wildman–Crippen LogP) is 5.05. The normalized spacial score (nSPS) is 10.5. The topological polar surface area (TPSA) is 0 Å². The van der Waals surface area contributed by atoms with Crippen LogP contribution in [0.25, 0.3) is 11.1 Å². The van der Waals surface area contributed by atoms with Crippen molar-refractivity contribution in [3.8, 4) is 11.1 Å². The van der Waals surface area contributed by atoms with Crippen molar-refractivity contribution in [3.05, 3.63) is 57.5 Å². The lowest BCUT2D eigenvalue weighted by Crippen LogP contribution is -1.86. The molecule has 0 fully saturated rings. The average molecular weight is 304 g/mol. The van der Waals surface area contributed by atoms with Crippen LogP contribution < -0.4 is 0 Å². The third-order valence-electron chi connectivity index (χ3n) is 2.16. The van der Waals surface area contributed by atoms with Crippen molar-refractivity contribution in [1.82, 2.24) is 0 Å². The SMILES string of the molecule is Fc1cc(-c2ccc(Br)cc2F)ccc1Cl. The minimum atomic E-state index is -0.554. The van der Waals surface area contributed by atoms with Crippen molar-refractivity contribution >= 4 is 27.5 Å². The first-order chi connectivity index (χ1) is 7.58. The van der Waals surface area contributed by atoms with E-state index in [9.17, 15) is 8.78 Å². The highest BCUT2D eigenvalue weighted by Crippen LogP contribution is 2.28. The Morgan fingerprint density at radius 2 is 1.69 bits per heavy atom. The molecule has 16 heavy (non-hydrogen) atoms. The zero-order valence-corrected chi connectivity index (χ0v) is 10.3. The lowest BCUT2D eigenvalue weighted by molar-refractivity contribution is 0.624. The molecule has 0 N–H and O–H groups in total. The molecule has 0 aromatic heterocycles. The molecule has 0 unspecified atom stereocenters. The smallest absolute Gasteiger partial charge is 0.142 e. The zero-order valence-electron chi connectivity index (χ0n) is 7.98. The van der Waals surface area contributed by atoms with Gasteiger partial charge in [0.05, 0.1) is 5.02 Å². The van der Waals surface area contributed by atoms with Crippen molar-refractivity contribution in [2.75, 3.05) is 0 Å². The van der Waals surface area contributed by atoms with Gasteiger partial charge >= 0.3 is 0 Å². The monoisotopic (exact) mass is 302 g/mol. The van der Waals surface area contributed by atoms with Gasteiger partial charge in [0, 0.05) is 10.0 Å². The van der Waals surface area contributed by atoms with Crippen molar-refractivity contribution in [1.29, 1.82) is 0 Å². The highest BCUT2D eigenvalue weighted by Gasteiger charge is 2.08. The molecule has 0 aliphatic rings. The molecule has 0 bridgehead atoms. The van der Waals surface area contributed by atoms with Crippen LogP contribution in [0.5, 0.6) is 0 Å². The number of rotatable bonds is 1. The van der Waals surface area contributed by atoms with Gasteiger partial charge < -0.3 is 0 Å². The summed E-state index contributed by atoms with van der Waals surface area (Å²) in [4.78, 5) is 0. The third-order valence-corrected chi connectivity index (χ3v) is 2.96. The Hall–Kier alpha value is -0.930. The summed E-state index contributed by atoms with van der Waals surface area (Å²) in [7, 11) is 0. The second-order valence-electron chi connectivity index (χ2n) is 3.25. The molecule has 0 saturated heterocycles. The van der Waals surface area contributed by atoms with Crippen LogP contribution in [0, 0.1) is 11.6 Å². The second-order valence-corrected chi connectivity index (χ2v) is 4.58. The summed E-state index contributed by atoms with van der Waals surface area (Å²) in [6.07, 6.45) is 0. The number of hydrogen-bond donors (Lipinski definition) is 0. The van der Waals surface area contributed by atoms with E-state index >= 15 is 0 Å². The van der Waals surface area contributed by atoms with Gasteiger partial charge in [-0.3, -0.25) is 0 Å². The molecule has 0 nitrogen and oxygen atoms in total. The van der Waals surface area contributed by atoms with Gasteiger partial charge in [-0.25, -0.2) is 8.78 Å². The van der Waals surface area contributed by atoms with E-state index in [1.165, 1.54) is 18.2 Å². The molecule has 0 saturated carbocycles. The van der Waals surface area contributed by atoms with E-state index in [2.05, 4.69) is 15.9 Å². The molecule has 82 valence electrons. The van der Waals surface area contributed by atoms with Crippen LogP contribution in [0.4, 0.5) is 8.78 Å². The highest BCUT2D eigenvalue weighted by atomic mass is 79.9. The van der Waals surface area contributed by atoms with Gasteiger partial charge in [-0.1, -0.05) is 39.7 Å². The number of hydrogen-bond acceptors (Lipinski definition) is 0. The van der Waals surface area contributed by atoms with Crippen molar-refractivity contribution in [2.45, 2.75) is 0 Å². The van der Waals surface area contributed by atoms with Crippen LogP contribution in [0.2, 0.25) is 5.02 Å². The minimum Gasteiger partial charge on any atom is -0.206 e. The Labute approximate surface area is 105 Å². The standard InChI is InChI=1S/C12H6BrClF2/c13-8-2-3-9(11(15)6-8)7-1-4-10(14)12(16)5-7/h1-6H. The summed E-state index contributed by atoms with van der Waals surface area (Å²) < 4.78 is 27.4. The first-order valence-electron chi connectivity index (χ1n) is 4.48. The quantitative estimate of drug-likeness (QED) is 0.692. The maximum Gasteiger partial charge on any atom is 0.142 e. The molecule has 0 spiro atoms. The summed E-state index contributed by atoms with van der Waals surface area (Å²) in [5.74, 6) is -0.961.